The van der Waals surface area contributed by atoms with Gasteiger partial charge in [0, 0.05) is 24.6 Å². The Labute approximate surface area is 86.5 Å². The van der Waals surface area contributed by atoms with Crippen molar-refractivity contribution in [3.05, 3.63) is 11.8 Å². The molecule has 1 aromatic rings. The molecule has 1 aromatic heterocycles. The molecule has 0 aliphatic rings. The van der Waals surface area contributed by atoms with Gasteiger partial charge < -0.3 is 5.32 Å². The lowest BCUT2D eigenvalue weighted by molar-refractivity contribution is 0.553. The van der Waals surface area contributed by atoms with E-state index in [2.05, 4.69) is 51.1 Å². The summed E-state index contributed by atoms with van der Waals surface area (Å²) in [5, 5.41) is 7.86. The van der Waals surface area contributed by atoms with Gasteiger partial charge in [0.2, 0.25) is 0 Å². The highest BCUT2D eigenvalue weighted by Gasteiger charge is 2.18. The molecule has 0 bridgehead atoms. The van der Waals surface area contributed by atoms with Crippen LogP contribution in [0.15, 0.2) is 6.07 Å². The van der Waals surface area contributed by atoms with Crippen molar-refractivity contribution >= 4 is 5.82 Å². The minimum atomic E-state index is 0.120. The summed E-state index contributed by atoms with van der Waals surface area (Å²) in [5.41, 5.74) is 1.25. The zero-order chi connectivity index (χ0) is 10.9. The van der Waals surface area contributed by atoms with Crippen LogP contribution in [0, 0.1) is 0 Å². The Balaban J connectivity index is 2.94. The van der Waals surface area contributed by atoms with E-state index in [0.717, 1.165) is 11.5 Å². The Kier molecular flexibility index (Phi) is 2.88. The van der Waals surface area contributed by atoms with Crippen molar-refractivity contribution in [2.24, 2.45) is 7.05 Å². The van der Waals surface area contributed by atoms with E-state index < -0.39 is 0 Å². The zero-order valence-electron chi connectivity index (χ0n) is 10.0. The molecule has 14 heavy (non-hydrogen) atoms. The van der Waals surface area contributed by atoms with Crippen LogP contribution in [0.5, 0.6) is 0 Å². The van der Waals surface area contributed by atoms with Crippen molar-refractivity contribution in [2.75, 3.05) is 5.32 Å². The molecule has 0 radical (unpaired) electrons. The third kappa shape index (κ3) is 2.50. The Bertz CT molecular complexity index is 305. The van der Waals surface area contributed by atoms with Gasteiger partial charge in [-0.05, 0) is 13.8 Å². The Morgan fingerprint density at radius 2 is 1.93 bits per heavy atom. The molecule has 0 amide bonds. The summed E-state index contributed by atoms with van der Waals surface area (Å²) in [6, 6.07) is 2.57. The van der Waals surface area contributed by atoms with E-state index in [1.54, 1.807) is 0 Å². The molecule has 0 aromatic carbocycles. The lowest BCUT2D eigenvalue weighted by Gasteiger charge is -2.13. The number of hydrogen-bond acceptors (Lipinski definition) is 2. The van der Waals surface area contributed by atoms with Gasteiger partial charge in [0.1, 0.15) is 5.82 Å². The summed E-state index contributed by atoms with van der Waals surface area (Å²) in [7, 11) is 1.97. The van der Waals surface area contributed by atoms with Crippen molar-refractivity contribution in [3.63, 3.8) is 0 Å². The average molecular weight is 195 g/mol. The Morgan fingerprint density at radius 1 is 1.36 bits per heavy atom. The van der Waals surface area contributed by atoms with Gasteiger partial charge >= 0.3 is 0 Å². The molecule has 0 saturated heterocycles. The average Bonchev–Trinajstić information content (AvgIpc) is 2.30. The number of anilines is 1. The maximum atomic E-state index is 4.49. The fourth-order valence-electron chi connectivity index (χ4n) is 1.26. The number of aryl methyl sites for hydroxylation is 1. The van der Waals surface area contributed by atoms with Gasteiger partial charge in [-0.3, -0.25) is 4.68 Å². The lowest BCUT2D eigenvalue weighted by Crippen LogP contribution is -2.12. The molecule has 80 valence electrons. The fraction of sp³-hybridized carbons (Fsp3) is 0.727. The number of nitrogens with zero attached hydrogens (tertiary/aromatic N) is 2. The molecular weight excluding hydrogens is 174 g/mol. The van der Waals surface area contributed by atoms with Crippen LogP contribution in [0.25, 0.3) is 0 Å². The maximum absolute atomic E-state index is 4.49. The van der Waals surface area contributed by atoms with E-state index in [-0.39, 0.29) is 5.41 Å². The Morgan fingerprint density at radius 3 is 2.29 bits per heavy atom. The van der Waals surface area contributed by atoms with Gasteiger partial charge in [0.05, 0.1) is 5.69 Å². The van der Waals surface area contributed by atoms with E-state index in [4.69, 9.17) is 0 Å². The fourth-order valence-corrected chi connectivity index (χ4v) is 1.26. The lowest BCUT2D eigenvalue weighted by atomic mass is 9.92. The van der Waals surface area contributed by atoms with Crippen LogP contribution in [-0.2, 0) is 12.5 Å². The molecule has 1 rings (SSSR count). The highest BCUT2D eigenvalue weighted by Crippen LogP contribution is 2.23. The standard InChI is InChI=1S/C11H21N3/c1-8(2)12-10-7-9(11(3,4)5)13-14(10)6/h7-8,12H,1-6H3. The van der Waals surface area contributed by atoms with Crippen molar-refractivity contribution in [1.82, 2.24) is 9.78 Å². The minimum Gasteiger partial charge on any atom is -0.368 e. The van der Waals surface area contributed by atoms with Crippen LogP contribution in [0.3, 0.4) is 0 Å². The highest BCUT2D eigenvalue weighted by atomic mass is 15.3. The first-order valence-electron chi connectivity index (χ1n) is 5.12. The SMILES string of the molecule is CC(C)Nc1cc(C(C)(C)C)nn1C. The van der Waals surface area contributed by atoms with Crippen LogP contribution in [0.4, 0.5) is 5.82 Å². The van der Waals surface area contributed by atoms with Crippen LogP contribution in [-0.4, -0.2) is 15.8 Å². The van der Waals surface area contributed by atoms with Crippen molar-refractivity contribution in [1.29, 1.82) is 0 Å². The monoisotopic (exact) mass is 195 g/mol. The molecule has 0 unspecified atom stereocenters. The molecule has 0 aliphatic carbocycles. The van der Waals surface area contributed by atoms with E-state index in [1.165, 1.54) is 0 Å². The van der Waals surface area contributed by atoms with E-state index in [9.17, 15) is 0 Å². The molecule has 0 saturated carbocycles. The van der Waals surface area contributed by atoms with Crippen LogP contribution in [0.2, 0.25) is 0 Å². The molecule has 3 heteroatoms. The van der Waals surface area contributed by atoms with Gasteiger partial charge in [-0.25, -0.2) is 0 Å². The molecule has 0 atom stereocenters. The molecule has 0 aliphatic heterocycles. The van der Waals surface area contributed by atoms with Crippen LogP contribution in [0.1, 0.15) is 40.3 Å². The summed E-state index contributed by atoms with van der Waals surface area (Å²) >= 11 is 0. The summed E-state index contributed by atoms with van der Waals surface area (Å²) in [6.45, 7) is 10.8. The summed E-state index contributed by atoms with van der Waals surface area (Å²) in [4.78, 5) is 0. The van der Waals surface area contributed by atoms with Gasteiger partial charge in [0.25, 0.3) is 0 Å². The second-order valence-corrected chi connectivity index (χ2v) is 5.09. The maximum Gasteiger partial charge on any atom is 0.124 e. The summed E-state index contributed by atoms with van der Waals surface area (Å²) < 4.78 is 1.90. The quantitative estimate of drug-likeness (QED) is 0.786. The number of nitrogens with one attached hydrogen (secondary N) is 1. The van der Waals surface area contributed by atoms with Crippen molar-refractivity contribution in [2.45, 2.75) is 46.1 Å². The molecule has 1 heterocycles. The summed E-state index contributed by atoms with van der Waals surface area (Å²) in [5.74, 6) is 1.09. The largest absolute Gasteiger partial charge is 0.368 e. The smallest absolute Gasteiger partial charge is 0.124 e. The second-order valence-electron chi connectivity index (χ2n) is 5.09. The third-order valence-electron chi connectivity index (χ3n) is 2.08. The second kappa shape index (κ2) is 3.64. The number of hydrogen-bond donors (Lipinski definition) is 1. The van der Waals surface area contributed by atoms with E-state index >= 15 is 0 Å². The van der Waals surface area contributed by atoms with Crippen LogP contribution >= 0.6 is 0 Å². The minimum absolute atomic E-state index is 0.120. The van der Waals surface area contributed by atoms with E-state index in [0.29, 0.717) is 6.04 Å². The first kappa shape index (κ1) is 11.1. The predicted octanol–water partition coefficient (Wildman–Crippen LogP) is 2.54. The van der Waals surface area contributed by atoms with Gasteiger partial charge in [-0.15, -0.1) is 0 Å². The molecule has 0 fully saturated rings. The molecule has 0 spiro atoms. The Hall–Kier alpha value is -0.990. The first-order valence-corrected chi connectivity index (χ1v) is 5.12. The van der Waals surface area contributed by atoms with Gasteiger partial charge in [-0.1, -0.05) is 20.8 Å². The van der Waals surface area contributed by atoms with Crippen LogP contribution < -0.4 is 5.32 Å². The molecule has 3 nitrogen and oxygen atoms in total. The normalized spacial score (nSPS) is 12.2. The summed E-state index contributed by atoms with van der Waals surface area (Å²) in [6.07, 6.45) is 0. The first-order chi connectivity index (χ1) is 6.30. The predicted molar refractivity (Wildman–Crippen MR) is 60.7 cm³/mol. The van der Waals surface area contributed by atoms with Crippen molar-refractivity contribution in [3.8, 4) is 0 Å². The van der Waals surface area contributed by atoms with E-state index in [1.807, 2.05) is 11.7 Å². The van der Waals surface area contributed by atoms with Gasteiger partial charge in [-0.2, -0.15) is 5.10 Å². The zero-order valence-corrected chi connectivity index (χ0v) is 10.0. The van der Waals surface area contributed by atoms with Gasteiger partial charge in [0.15, 0.2) is 0 Å². The number of rotatable bonds is 2. The molecule has 1 N–H and O–H groups in total. The van der Waals surface area contributed by atoms with Crippen molar-refractivity contribution < 1.29 is 0 Å². The highest BCUT2D eigenvalue weighted by molar-refractivity contribution is 5.39. The molecular formula is C11H21N3. The topological polar surface area (TPSA) is 29.9 Å². The third-order valence-corrected chi connectivity index (χ3v) is 2.08. The number of aromatic nitrogens is 2.